The van der Waals surface area contributed by atoms with E-state index in [2.05, 4.69) is 9.97 Å². The van der Waals surface area contributed by atoms with E-state index in [-0.39, 0.29) is 28.4 Å². The molecule has 0 spiro atoms. The number of aliphatic hydroxyl groups excluding tert-OH is 3. The number of nitrogens with two attached hydrogens (primary N) is 2. The molecular formula is C12H16N6O5. The molecule has 0 bridgehead atoms. The number of hydrogen-bond acceptors (Lipinski definition) is 8. The normalized spacial score (nSPS) is 27.6. The highest BCUT2D eigenvalue weighted by atomic mass is 16.6. The molecular weight excluding hydrogens is 308 g/mol. The first kappa shape index (κ1) is 15.4. The highest BCUT2D eigenvalue weighted by Gasteiger charge is 2.44. The molecule has 1 aliphatic heterocycles. The number of ether oxygens (including phenoxy) is 1. The molecule has 3 rings (SSSR count). The minimum absolute atomic E-state index is 0.0180. The number of fused-ring (bicyclic) bond motifs is 1. The topological polar surface area (TPSA) is 196 Å². The Morgan fingerprint density at radius 3 is 2.74 bits per heavy atom. The van der Waals surface area contributed by atoms with Gasteiger partial charge in [0.1, 0.15) is 24.1 Å². The second kappa shape index (κ2) is 5.31. The molecule has 11 nitrogen and oxygen atoms in total. The van der Waals surface area contributed by atoms with E-state index in [0.717, 1.165) is 0 Å². The van der Waals surface area contributed by atoms with E-state index in [0.29, 0.717) is 0 Å². The second-order valence-corrected chi connectivity index (χ2v) is 5.24. The van der Waals surface area contributed by atoms with Crippen molar-refractivity contribution in [3.05, 3.63) is 22.1 Å². The van der Waals surface area contributed by atoms with Gasteiger partial charge in [0.05, 0.1) is 12.0 Å². The number of aliphatic hydroxyl groups is 3. The highest BCUT2D eigenvalue weighted by Crippen LogP contribution is 2.32. The largest absolute Gasteiger partial charge is 0.394 e. The van der Waals surface area contributed by atoms with Crippen LogP contribution in [0, 0.1) is 5.41 Å². The van der Waals surface area contributed by atoms with Crippen molar-refractivity contribution in [2.45, 2.75) is 24.5 Å². The van der Waals surface area contributed by atoms with Crippen LogP contribution in [-0.4, -0.2) is 60.6 Å². The van der Waals surface area contributed by atoms with Crippen molar-refractivity contribution in [2.75, 3.05) is 12.3 Å². The van der Waals surface area contributed by atoms with Crippen LogP contribution in [0.25, 0.3) is 11.0 Å². The first-order valence-electron chi connectivity index (χ1n) is 6.72. The van der Waals surface area contributed by atoms with Crippen molar-refractivity contribution in [1.82, 2.24) is 14.5 Å². The zero-order valence-electron chi connectivity index (χ0n) is 11.8. The summed E-state index contributed by atoms with van der Waals surface area (Å²) in [4.78, 5) is 18.4. The van der Waals surface area contributed by atoms with E-state index in [1.165, 1.54) is 10.8 Å². The van der Waals surface area contributed by atoms with E-state index < -0.39 is 36.7 Å². The van der Waals surface area contributed by atoms with Crippen LogP contribution >= 0.6 is 0 Å². The van der Waals surface area contributed by atoms with Gasteiger partial charge in [-0.3, -0.25) is 15.2 Å². The molecule has 3 heterocycles. The lowest BCUT2D eigenvalue weighted by Crippen LogP contribution is -2.33. The number of amidine groups is 1. The number of hydrogen-bond donors (Lipinski definition) is 7. The Morgan fingerprint density at radius 1 is 1.48 bits per heavy atom. The van der Waals surface area contributed by atoms with Gasteiger partial charge in [-0.2, -0.15) is 4.98 Å². The lowest BCUT2D eigenvalue weighted by molar-refractivity contribution is -0.0508. The Kier molecular flexibility index (Phi) is 3.56. The summed E-state index contributed by atoms with van der Waals surface area (Å²) in [5.41, 5.74) is 10.6. The maximum absolute atomic E-state index is 12.1. The summed E-state index contributed by atoms with van der Waals surface area (Å²) in [5, 5.41) is 36.7. The van der Waals surface area contributed by atoms with Crippen LogP contribution in [0.3, 0.4) is 0 Å². The molecule has 11 heteroatoms. The van der Waals surface area contributed by atoms with Crippen LogP contribution < -0.4 is 17.0 Å². The molecule has 0 amide bonds. The van der Waals surface area contributed by atoms with Gasteiger partial charge in [-0.15, -0.1) is 0 Å². The third kappa shape index (κ3) is 2.26. The Morgan fingerprint density at radius 2 is 2.17 bits per heavy atom. The minimum Gasteiger partial charge on any atom is -0.394 e. The maximum atomic E-state index is 12.1. The molecule has 2 aromatic heterocycles. The van der Waals surface area contributed by atoms with Gasteiger partial charge in [0, 0.05) is 11.8 Å². The van der Waals surface area contributed by atoms with Gasteiger partial charge in [0.25, 0.3) is 5.56 Å². The fraction of sp³-hybridized carbons (Fsp3) is 0.417. The zero-order valence-corrected chi connectivity index (χ0v) is 11.8. The summed E-state index contributed by atoms with van der Waals surface area (Å²) in [6.07, 6.45) is -3.49. The summed E-state index contributed by atoms with van der Waals surface area (Å²) in [6.45, 7) is -0.496. The maximum Gasteiger partial charge on any atom is 0.262 e. The summed E-state index contributed by atoms with van der Waals surface area (Å²) in [6, 6.07) is 0. The molecule has 1 unspecified atom stereocenters. The van der Waals surface area contributed by atoms with Crippen LogP contribution in [0.2, 0.25) is 0 Å². The van der Waals surface area contributed by atoms with E-state index in [9.17, 15) is 15.0 Å². The summed E-state index contributed by atoms with van der Waals surface area (Å²) in [5.74, 6) is -0.540. The van der Waals surface area contributed by atoms with Gasteiger partial charge >= 0.3 is 0 Å². The Bertz CT molecular complexity index is 829. The lowest BCUT2D eigenvalue weighted by Gasteiger charge is -2.17. The van der Waals surface area contributed by atoms with Crippen molar-refractivity contribution in [3.8, 4) is 0 Å². The van der Waals surface area contributed by atoms with Crippen LogP contribution in [0.15, 0.2) is 11.0 Å². The molecule has 23 heavy (non-hydrogen) atoms. The quantitative estimate of drug-likeness (QED) is 0.232. The highest BCUT2D eigenvalue weighted by molar-refractivity contribution is 6.06. The monoisotopic (exact) mass is 324 g/mol. The Labute approximate surface area is 128 Å². The van der Waals surface area contributed by atoms with Crippen LogP contribution in [-0.2, 0) is 4.74 Å². The molecule has 4 atom stereocenters. The number of nitrogen functional groups attached to an aromatic ring is 2. The smallest absolute Gasteiger partial charge is 0.262 e. The van der Waals surface area contributed by atoms with Crippen molar-refractivity contribution < 1.29 is 20.1 Å². The van der Waals surface area contributed by atoms with Crippen LogP contribution in [0.1, 0.15) is 11.8 Å². The number of rotatable bonds is 3. The third-order valence-corrected chi connectivity index (χ3v) is 3.78. The number of aromatic amines is 1. The molecule has 0 aliphatic carbocycles. The van der Waals surface area contributed by atoms with Gasteiger partial charge in [-0.25, -0.2) is 0 Å². The number of nitrogens with one attached hydrogen (secondary N) is 2. The average Bonchev–Trinajstić information content (AvgIpc) is 2.99. The summed E-state index contributed by atoms with van der Waals surface area (Å²) in [7, 11) is 0. The minimum atomic E-state index is -1.37. The lowest BCUT2D eigenvalue weighted by atomic mass is 10.1. The number of aromatic nitrogens is 3. The SMILES string of the molecule is N=C(N)c1cn([C@@H]2O[C@H](CO)C(O)[C@@H]2O)c2nc(N)[nH]c(=O)c12. The predicted octanol–water partition coefficient (Wildman–Crippen LogP) is -2.80. The van der Waals surface area contributed by atoms with Crippen LogP contribution in [0.5, 0.6) is 0 Å². The standard InChI is InChI=1S/C12H16N6O5/c13-8(14)3-1-18(9-5(3)10(22)17-12(15)16-9)11-7(21)6(20)4(2-19)23-11/h1,4,6-7,11,19-21H,2H2,(H3,13,14)(H3,15,16,17,22)/t4-,6?,7+,11-/m1/s1. The van der Waals surface area contributed by atoms with E-state index >= 15 is 0 Å². The fourth-order valence-corrected chi connectivity index (χ4v) is 2.68. The molecule has 0 radical (unpaired) electrons. The van der Waals surface area contributed by atoms with Crippen molar-refractivity contribution in [2.24, 2.45) is 5.73 Å². The Balaban J connectivity index is 2.23. The zero-order chi connectivity index (χ0) is 16.9. The summed E-state index contributed by atoms with van der Waals surface area (Å²) < 4.78 is 6.68. The predicted molar refractivity (Wildman–Crippen MR) is 78.8 cm³/mol. The van der Waals surface area contributed by atoms with Crippen molar-refractivity contribution in [3.63, 3.8) is 0 Å². The number of anilines is 1. The van der Waals surface area contributed by atoms with Gasteiger partial charge in [0.2, 0.25) is 5.95 Å². The first-order valence-corrected chi connectivity index (χ1v) is 6.72. The molecule has 0 saturated carbocycles. The molecule has 1 aliphatic rings. The molecule has 1 fully saturated rings. The third-order valence-electron chi connectivity index (χ3n) is 3.78. The molecule has 9 N–H and O–H groups in total. The van der Waals surface area contributed by atoms with E-state index in [1.54, 1.807) is 0 Å². The van der Waals surface area contributed by atoms with Gasteiger partial charge in [0.15, 0.2) is 11.9 Å². The Hall–Kier alpha value is -2.47. The average molecular weight is 324 g/mol. The second-order valence-electron chi connectivity index (χ2n) is 5.24. The first-order chi connectivity index (χ1) is 10.8. The van der Waals surface area contributed by atoms with Gasteiger partial charge in [-0.1, -0.05) is 0 Å². The van der Waals surface area contributed by atoms with E-state index in [1.807, 2.05) is 0 Å². The molecule has 2 aromatic rings. The van der Waals surface area contributed by atoms with Crippen molar-refractivity contribution >= 4 is 22.8 Å². The van der Waals surface area contributed by atoms with Gasteiger partial charge < -0.3 is 36.1 Å². The molecule has 1 saturated heterocycles. The molecule has 0 aromatic carbocycles. The number of H-pyrrole nitrogens is 1. The van der Waals surface area contributed by atoms with Crippen molar-refractivity contribution in [1.29, 1.82) is 5.41 Å². The molecule has 124 valence electrons. The summed E-state index contributed by atoms with van der Waals surface area (Å²) >= 11 is 0. The number of nitrogens with zero attached hydrogens (tertiary/aromatic N) is 2. The van der Waals surface area contributed by atoms with Crippen LogP contribution in [0.4, 0.5) is 5.95 Å². The van der Waals surface area contributed by atoms with Gasteiger partial charge in [-0.05, 0) is 0 Å². The fourth-order valence-electron chi connectivity index (χ4n) is 2.68. The van der Waals surface area contributed by atoms with E-state index in [4.69, 9.17) is 26.7 Å².